The number of anilines is 6. The summed E-state index contributed by atoms with van der Waals surface area (Å²) in [5.41, 5.74) is 14.4. The van der Waals surface area contributed by atoms with Gasteiger partial charge in [0.15, 0.2) is 0 Å². The van der Waals surface area contributed by atoms with Crippen LogP contribution in [0, 0.1) is 0 Å². The third-order valence-corrected chi connectivity index (χ3v) is 13.1. The van der Waals surface area contributed by atoms with Crippen molar-refractivity contribution in [3.05, 3.63) is 212 Å². The molecule has 0 aliphatic heterocycles. The summed E-state index contributed by atoms with van der Waals surface area (Å²) in [4.78, 5) is 10.6. The molecule has 0 bridgehead atoms. The zero-order valence-electron chi connectivity index (χ0n) is 33.4. The Kier molecular flexibility index (Phi) is 6.77. The first-order chi connectivity index (χ1) is 30.8. The van der Waals surface area contributed by atoms with Gasteiger partial charge in [-0.1, -0.05) is 146 Å². The molecule has 0 saturated heterocycles. The number of rotatable bonds is 6. The molecule has 62 heavy (non-hydrogen) atoms. The smallest absolute Gasteiger partial charge is 0.146 e. The fraction of sp³-hybridized carbons (Fsp3) is 0. The van der Waals surface area contributed by atoms with Crippen molar-refractivity contribution in [2.24, 2.45) is 0 Å². The van der Waals surface area contributed by atoms with E-state index in [-0.39, 0.29) is 0 Å². The monoisotopic (exact) mass is 789 g/mol. The van der Waals surface area contributed by atoms with Crippen molar-refractivity contribution in [1.82, 2.24) is 13.8 Å². The zero-order valence-corrected chi connectivity index (χ0v) is 33.4. The number of aromatic nitrogens is 3. The Morgan fingerprint density at radius 2 is 0.790 bits per heavy atom. The summed E-state index contributed by atoms with van der Waals surface area (Å²) < 4.78 is 4.97. The predicted octanol–water partition coefficient (Wildman–Crippen LogP) is 15.5. The van der Waals surface area contributed by atoms with Crippen molar-refractivity contribution >= 4 is 121 Å². The molecule has 14 rings (SSSR count). The maximum atomic E-state index is 5.82. The molecular formula is C57H35N5. The highest BCUT2D eigenvalue weighted by Crippen LogP contribution is 2.50. The molecule has 5 heterocycles. The first-order valence-electron chi connectivity index (χ1n) is 21.2. The van der Waals surface area contributed by atoms with Gasteiger partial charge in [-0.05, 0) is 77.5 Å². The first-order valence-corrected chi connectivity index (χ1v) is 21.2. The summed E-state index contributed by atoms with van der Waals surface area (Å²) in [6.45, 7) is 0. The van der Waals surface area contributed by atoms with Gasteiger partial charge in [-0.3, -0.25) is 4.40 Å². The van der Waals surface area contributed by atoms with Crippen molar-refractivity contribution in [2.75, 3.05) is 9.80 Å². The largest absolute Gasteiger partial charge is 0.308 e. The van der Waals surface area contributed by atoms with E-state index in [1.165, 1.54) is 54.3 Å². The summed E-state index contributed by atoms with van der Waals surface area (Å²) >= 11 is 0. The Balaban J connectivity index is 1.15. The molecule has 0 aliphatic carbocycles. The van der Waals surface area contributed by atoms with Crippen molar-refractivity contribution in [2.45, 2.75) is 0 Å². The van der Waals surface area contributed by atoms with E-state index in [0.29, 0.717) is 0 Å². The molecule has 0 radical (unpaired) electrons. The predicted molar refractivity (Wildman–Crippen MR) is 260 cm³/mol. The van der Waals surface area contributed by atoms with E-state index in [0.717, 1.165) is 67.1 Å². The van der Waals surface area contributed by atoms with Gasteiger partial charge >= 0.3 is 0 Å². The van der Waals surface area contributed by atoms with Gasteiger partial charge < -0.3 is 14.2 Å². The summed E-state index contributed by atoms with van der Waals surface area (Å²) in [6.07, 6.45) is 0. The van der Waals surface area contributed by atoms with Crippen LogP contribution in [0.4, 0.5) is 34.1 Å². The number of hydrogen-bond acceptors (Lipinski definition) is 3. The van der Waals surface area contributed by atoms with Gasteiger partial charge in [0, 0.05) is 60.5 Å². The van der Waals surface area contributed by atoms with Crippen LogP contribution in [0.2, 0.25) is 0 Å². The average Bonchev–Trinajstić information content (AvgIpc) is 4.07. The second-order valence-corrected chi connectivity index (χ2v) is 16.3. The minimum Gasteiger partial charge on any atom is -0.308 e. The lowest BCUT2D eigenvalue weighted by molar-refractivity contribution is 1.25. The minimum atomic E-state index is 0.964. The Bertz CT molecular complexity index is 3950. The van der Waals surface area contributed by atoms with Crippen molar-refractivity contribution in [3.8, 4) is 0 Å². The van der Waals surface area contributed by atoms with Crippen LogP contribution in [0.15, 0.2) is 212 Å². The number of nitrogens with zero attached hydrogens (tertiary/aromatic N) is 5. The molecule has 14 aromatic rings. The maximum Gasteiger partial charge on any atom is 0.146 e. The molecule has 9 aromatic carbocycles. The number of hydrogen-bond donors (Lipinski definition) is 0. The topological polar surface area (TPSA) is 28.2 Å². The summed E-state index contributed by atoms with van der Waals surface area (Å²) in [6, 6.07) is 76.8. The fourth-order valence-electron chi connectivity index (χ4n) is 10.6. The van der Waals surface area contributed by atoms with Crippen LogP contribution >= 0.6 is 0 Å². The van der Waals surface area contributed by atoms with Crippen LogP contribution in [0.5, 0.6) is 0 Å². The second-order valence-electron chi connectivity index (χ2n) is 16.3. The van der Waals surface area contributed by atoms with E-state index in [2.05, 4.69) is 231 Å². The number of fused-ring (bicyclic) bond motifs is 14. The standard InChI is InChI=1S/C57H35N5/c1-5-19-37(20-6-1)59(38-21-7-2-8-22-38)48-33-17-30-43-42-28-15-29-44-47-35-49-52(58-57(47)62(53(42)44)55(43)48)46-32-16-31-45-51-41-27-14-13-18-36(41)34-50(56(51)61(49)54(45)46)60(39-23-9-3-10-24-39)40-25-11-4-12-26-40/h1-35H. The summed E-state index contributed by atoms with van der Waals surface area (Å²) in [5, 5.41) is 10.9. The van der Waals surface area contributed by atoms with Gasteiger partial charge in [0.25, 0.3) is 0 Å². The van der Waals surface area contributed by atoms with E-state index in [4.69, 9.17) is 4.98 Å². The SMILES string of the molecule is c1ccc(N(c2ccccc2)c2cc3ccccc3c3c4cccc5c6nc7c(cc6n(c23)c54)c2cccc3c4cccc(N(c5ccccc5)c5ccccc5)c4n7c23)cc1. The Morgan fingerprint density at radius 3 is 1.42 bits per heavy atom. The van der Waals surface area contributed by atoms with E-state index < -0.39 is 0 Å². The molecule has 0 atom stereocenters. The van der Waals surface area contributed by atoms with Crippen molar-refractivity contribution < 1.29 is 0 Å². The lowest BCUT2D eigenvalue weighted by Crippen LogP contribution is -2.11. The molecule has 0 amide bonds. The lowest BCUT2D eigenvalue weighted by Gasteiger charge is -2.27. The minimum absolute atomic E-state index is 0.964. The first kappa shape index (κ1) is 33.4. The van der Waals surface area contributed by atoms with E-state index in [9.17, 15) is 0 Å². The quantitative estimate of drug-likeness (QED) is 0.168. The van der Waals surface area contributed by atoms with Crippen LogP contribution in [0.1, 0.15) is 0 Å². The van der Waals surface area contributed by atoms with E-state index in [1.807, 2.05) is 0 Å². The normalized spacial score (nSPS) is 12.2. The van der Waals surface area contributed by atoms with Gasteiger partial charge in [0.1, 0.15) is 5.65 Å². The van der Waals surface area contributed by atoms with Crippen molar-refractivity contribution in [3.63, 3.8) is 0 Å². The van der Waals surface area contributed by atoms with Gasteiger partial charge in [-0.15, -0.1) is 0 Å². The number of para-hydroxylation sites is 7. The molecule has 0 saturated carbocycles. The van der Waals surface area contributed by atoms with Crippen molar-refractivity contribution in [1.29, 1.82) is 0 Å². The lowest BCUT2D eigenvalue weighted by atomic mass is 10.0. The Hall–Kier alpha value is -8.41. The molecule has 0 aliphatic rings. The number of pyridine rings is 1. The van der Waals surface area contributed by atoms with Gasteiger partial charge in [0.2, 0.25) is 0 Å². The van der Waals surface area contributed by atoms with Crippen LogP contribution < -0.4 is 9.80 Å². The average molecular weight is 790 g/mol. The molecule has 5 aromatic heterocycles. The summed E-state index contributed by atoms with van der Waals surface area (Å²) in [7, 11) is 0. The molecule has 0 unspecified atom stereocenters. The third-order valence-electron chi connectivity index (χ3n) is 13.1. The van der Waals surface area contributed by atoms with Gasteiger partial charge in [-0.2, -0.15) is 0 Å². The molecule has 288 valence electrons. The molecule has 0 fully saturated rings. The van der Waals surface area contributed by atoms with Crippen LogP contribution in [-0.2, 0) is 0 Å². The molecule has 5 heteroatoms. The van der Waals surface area contributed by atoms with Crippen LogP contribution in [0.25, 0.3) is 87.2 Å². The Labute approximate surface area is 355 Å². The summed E-state index contributed by atoms with van der Waals surface area (Å²) in [5.74, 6) is 0. The molecule has 0 spiro atoms. The Morgan fingerprint density at radius 1 is 0.323 bits per heavy atom. The molecule has 5 nitrogen and oxygen atoms in total. The van der Waals surface area contributed by atoms with E-state index >= 15 is 0 Å². The third kappa shape index (κ3) is 4.43. The molecule has 0 N–H and O–H groups in total. The highest BCUT2D eigenvalue weighted by Gasteiger charge is 2.28. The van der Waals surface area contributed by atoms with Gasteiger partial charge in [-0.25, -0.2) is 4.98 Å². The number of benzene rings is 9. The maximum absolute atomic E-state index is 5.82. The van der Waals surface area contributed by atoms with Crippen LogP contribution in [0.3, 0.4) is 0 Å². The van der Waals surface area contributed by atoms with Gasteiger partial charge in [0.05, 0.1) is 44.5 Å². The fourth-order valence-corrected chi connectivity index (χ4v) is 10.6. The second kappa shape index (κ2) is 12.6. The molecular weight excluding hydrogens is 755 g/mol. The van der Waals surface area contributed by atoms with E-state index in [1.54, 1.807) is 0 Å². The highest BCUT2D eigenvalue weighted by molar-refractivity contribution is 6.32. The highest BCUT2D eigenvalue weighted by atomic mass is 15.2. The zero-order chi connectivity index (χ0) is 40.5. The van der Waals surface area contributed by atoms with Crippen LogP contribution in [-0.4, -0.2) is 13.8 Å².